The molecule has 19 heavy (non-hydrogen) atoms. The van der Waals surface area contributed by atoms with E-state index in [2.05, 4.69) is 25.6 Å². The van der Waals surface area contributed by atoms with Crippen LogP contribution in [-0.4, -0.2) is 32.2 Å². The Morgan fingerprint density at radius 3 is 3.00 bits per heavy atom. The maximum Gasteiger partial charge on any atom is 0.244 e. The Labute approximate surface area is 125 Å². The Morgan fingerprint density at radius 2 is 2.37 bits per heavy atom. The van der Waals surface area contributed by atoms with E-state index in [0.717, 1.165) is 12.8 Å². The number of nitrogens with one attached hydrogen (secondary N) is 1. The molecule has 1 N–H and O–H groups in total. The Hall–Kier alpha value is -0.210. The number of hydrogen-bond acceptors (Lipinski definition) is 4. The Kier molecular flexibility index (Phi) is 4.84. The lowest BCUT2D eigenvalue weighted by Crippen LogP contribution is -2.40. The molecule has 0 spiro atoms. The van der Waals surface area contributed by atoms with Crippen LogP contribution in [0.25, 0.3) is 0 Å². The van der Waals surface area contributed by atoms with Crippen molar-refractivity contribution in [2.75, 3.05) is 6.61 Å². The van der Waals surface area contributed by atoms with Crippen LogP contribution in [0.4, 0.5) is 0 Å². The van der Waals surface area contributed by atoms with Crippen LogP contribution in [0.15, 0.2) is 21.6 Å². The minimum absolute atomic E-state index is 0.0339. The second kappa shape index (κ2) is 6.05. The summed E-state index contributed by atoms with van der Waals surface area (Å²) in [6.45, 7) is 2.46. The molecule has 0 bridgehead atoms. The smallest absolute Gasteiger partial charge is 0.244 e. The molecule has 1 aliphatic heterocycles. The summed E-state index contributed by atoms with van der Waals surface area (Å²) in [7, 11) is -3.70. The Balaban J connectivity index is 2.19. The molecular weight excluding hydrogens is 356 g/mol. The van der Waals surface area contributed by atoms with E-state index in [1.54, 1.807) is 6.92 Å². The third kappa shape index (κ3) is 3.66. The van der Waals surface area contributed by atoms with Crippen molar-refractivity contribution in [3.05, 3.63) is 21.9 Å². The van der Waals surface area contributed by atoms with E-state index in [0.29, 0.717) is 11.1 Å². The molecule has 0 radical (unpaired) electrons. The summed E-state index contributed by atoms with van der Waals surface area (Å²) in [5.41, 5.74) is 0. The monoisotopic (exact) mass is 368 g/mol. The molecule has 2 rings (SSSR count). The molecule has 1 saturated heterocycles. The Morgan fingerprint density at radius 1 is 1.63 bits per heavy atom. The average molecular weight is 370 g/mol. The van der Waals surface area contributed by atoms with E-state index < -0.39 is 10.0 Å². The van der Waals surface area contributed by atoms with E-state index in [1.165, 1.54) is 12.3 Å². The Bertz CT molecular complexity index is 561. The minimum Gasteiger partial charge on any atom is -0.377 e. The molecule has 2 unspecified atom stereocenters. The predicted octanol–water partition coefficient (Wildman–Crippen LogP) is 2.34. The number of ether oxygens (including phenoxy) is 1. The van der Waals surface area contributed by atoms with Crippen LogP contribution >= 0.6 is 27.5 Å². The van der Waals surface area contributed by atoms with Gasteiger partial charge in [0.15, 0.2) is 0 Å². The van der Waals surface area contributed by atoms with Gasteiger partial charge in [-0.2, -0.15) is 0 Å². The fourth-order valence-electron chi connectivity index (χ4n) is 1.97. The van der Waals surface area contributed by atoms with E-state index >= 15 is 0 Å². The van der Waals surface area contributed by atoms with Crippen LogP contribution < -0.4 is 4.72 Å². The van der Waals surface area contributed by atoms with Crippen molar-refractivity contribution in [1.29, 1.82) is 0 Å². The number of aromatic nitrogens is 1. The molecule has 0 aromatic carbocycles. The van der Waals surface area contributed by atoms with Gasteiger partial charge in [0, 0.05) is 23.3 Å². The summed E-state index contributed by atoms with van der Waals surface area (Å²) in [5, 5.41) is -0.0461. The van der Waals surface area contributed by atoms with Gasteiger partial charge in [0.05, 0.1) is 6.10 Å². The maximum absolute atomic E-state index is 12.3. The summed E-state index contributed by atoms with van der Waals surface area (Å²) in [5.74, 6) is 0. The van der Waals surface area contributed by atoms with Crippen molar-refractivity contribution in [3.63, 3.8) is 0 Å². The van der Waals surface area contributed by atoms with Crippen LogP contribution in [0.5, 0.6) is 0 Å². The molecule has 0 aliphatic carbocycles. The zero-order valence-electron chi connectivity index (χ0n) is 10.3. The molecule has 8 heteroatoms. The summed E-state index contributed by atoms with van der Waals surface area (Å²) in [4.78, 5) is 3.78. The fourth-order valence-corrected chi connectivity index (χ4v) is 4.19. The highest BCUT2D eigenvalue weighted by Crippen LogP contribution is 2.24. The summed E-state index contributed by atoms with van der Waals surface area (Å²) in [6, 6.07) is 1.13. The molecule has 2 atom stereocenters. The number of sulfonamides is 1. The van der Waals surface area contributed by atoms with Crippen molar-refractivity contribution in [3.8, 4) is 0 Å². The summed E-state index contributed by atoms with van der Waals surface area (Å²) >= 11 is 9.02. The highest BCUT2D eigenvalue weighted by atomic mass is 79.9. The quantitative estimate of drug-likeness (QED) is 0.827. The molecule has 106 valence electrons. The maximum atomic E-state index is 12.3. The van der Waals surface area contributed by atoms with Gasteiger partial charge in [0.2, 0.25) is 10.0 Å². The van der Waals surface area contributed by atoms with Crippen LogP contribution in [0, 0.1) is 0 Å². The molecule has 1 aromatic rings. The number of rotatable bonds is 4. The number of halogens is 2. The molecule has 1 fully saturated rings. The van der Waals surface area contributed by atoms with Crippen LogP contribution in [0.3, 0.4) is 0 Å². The van der Waals surface area contributed by atoms with Crippen molar-refractivity contribution in [2.45, 2.75) is 36.8 Å². The number of pyridine rings is 1. The van der Waals surface area contributed by atoms with Gasteiger partial charge in [0.25, 0.3) is 0 Å². The summed E-state index contributed by atoms with van der Waals surface area (Å²) in [6.07, 6.45) is 3.17. The highest BCUT2D eigenvalue weighted by Gasteiger charge is 2.28. The van der Waals surface area contributed by atoms with Gasteiger partial charge in [0.1, 0.15) is 10.0 Å². The molecule has 0 amide bonds. The topological polar surface area (TPSA) is 68.3 Å². The summed E-state index contributed by atoms with van der Waals surface area (Å²) < 4.78 is 33.1. The third-order valence-corrected chi connectivity index (χ3v) is 5.35. The van der Waals surface area contributed by atoms with Crippen LogP contribution in [-0.2, 0) is 14.8 Å². The van der Waals surface area contributed by atoms with Crippen molar-refractivity contribution >= 4 is 37.6 Å². The zero-order chi connectivity index (χ0) is 14.0. The number of nitrogens with zero attached hydrogens (tertiary/aromatic N) is 1. The fraction of sp³-hybridized carbons (Fsp3) is 0.545. The number of hydrogen-bond donors (Lipinski definition) is 1. The van der Waals surface area contributed by atoms with Gasteiger partial charge in [-0.05, 0) is 41.8 Å². The van der Waals surface area contributed by atoms with E-state index in [4.69, 9.17) is 16.3 Å². The second-order valence-corrected chi connectivity index (χ2v) is 7.36. The molecule has 1 aromatic heterocycles. The lowest BCUT2D eigenvalue weighted by atomic mass is 10.1. The first-order valence-electron chi connectivity index (χ1n) is 5.85. The van der Waals surface area contributed by atoms with Crippen LogP contribution in [0.1, 0.15) is 19.8 Å². The largest absolute Gasteiger partial charge is 0.377 e. The van der Waals surface area contributed by atoms with Gasteiger partial charge in [-0.3, -0.25) is 0 Å². The highest BCUT2D eigenvalue weighted by molar-refractivity contribution is 9.10. The zero-order valence-corrected chi connectivity index (χ0v) is 13.4. The van der Waals surface area contributed by atoms with E-state index in [-0.39, 0.29) is 22.2 Å². The molecule has 2 heterocycles. The van der Waals surface area contributed by atoms with E-state index in [1.807, 2.05) is 0 Å². The molecular formula is C11H14BrClN2O3S. The SMILES string of the molecule is CC(NS(=O)(=O)c1cc(Br)cnc1Cl)C1CCCO1. The van der Waals surface area contributed by atoms with E-state index in [9.17, 15) is 8.42 Å². The van der Waals surface area contributed by atoms with Crippen LogP contribution in [0.2, 0.25) is 5.15 Å². The lowest BCUT2D eigenvalue weighted by Gasteiger charge is -2.20. The second-order valence-electron chi connectivity index (χ2n) is 4.40. The first kappa shape index (κ1) is 15.2. The third-order valence-electron chi connectivity index (χ3n) is 2.93. The van der Waals surface area contributed by atoms with Gasteiger partial charge in [-0.25, -0.2) is 18.1 Å². The standard InChI is InChI=1S/C11H14BrClN2O3S/c1-7(9-3-2-4-18-9)15-19(16,17)10-5-8(12)6-14-11(10)13/h5-7,9,15H,2-4H2,1H3. The normalized spacial score (nSPS) is 21.5. The van der Waals surface area contributed by atoms with Crippen molar-refractivity contribution < 1.29 is 13.2 Å². The first-order valence-corrected chi connectivity index (χ1v) is 8.50. The molecule has 1 aliphatic rings. The van der Waals surface area contributed by atoms with Crippen molar-refractivity contribution in [2.24, 2.45) is 0 Å². The van der Waals surface area contributed by atoms with Gasteiger partial charge in [-0.1, -0.05) is 11.6 Å². The minimum atomic E-state index is -3.70. The predicted molar refractivity (Wildman–Crippen MR) is 75.7 cm³/mol. The lowest BCUT2D eigenvalue weighted by molar-refractivity contribution is 0.0902. The van der Waals surface area contributed by atoms with Gasteiger partial charge < -0.3 is 4.74 Å². The van der Waals surface area contributed by atoms with Gasteiger partial charge in [-0.15, -0.1) is 0 Å². The first-order chi connectivity index (χ1) is 8.90. The average Bonchev–Trinajstić information content (AvgIpc) is 2.85. The van der Waals surface area contributed by atoms with Gasteiger partial charge >= 0.3 is 0 Å². The molecule has 5 nitrogen and oxygen atoms in total. The van der Waals surface area contributed by atoms with Crippen molar-refractivity contribution in [1.82, 2.24) is 9.71 Å². The molecule has 0 saturated carbocycles.